The Morgan fingerprint density at radius 1 is 0.889 bits per heavy atom. The van der Waals surface area contributed by atoms with Crippen molar-refractivity contribution in [1.82, 2.24) is 6.14 Å². The first-order chi connectivity index (χ1) is 21.8. The van der Waals surface area contributed by atoms with E-state index in [1.54, 1.807) is 81.4 Å². The molecule has 12 N–H and O–H groups in total. The van der Waals surface area contributed by atoms with Gasteiger partial charge in [-0.1, -0.05) is 43.0 Å². The Morgan fingerprint density at radius 3 is 1.56 bits per heavy atom. The fourth-order valence-electron chi connectivity index (χ4n) is 2.24. The zero-order valence-electron chi connectivity index (χ0n) is 26.7. The van der Waals surface area contributed by atoms with Gasteiger partial charge in [0.2, 0.25) is 5.65 Å². The quantitative estimate of drug-likeness (QED) is 0.164. The second-order valence-electron chi connectivity index (χ2n) is 7.20. The average Bonchev–Trinajstić information content (AvgIpc) is 3.03. The number of nitrogens with one attached hydrogen (secondary N) is 2. The van der Waals surface area contributed by atoms with E-state index in [-0.39, 0.29) is 90.4 Å². The molecular formula is C26H34N6O9P2Y2. The van der Waals surface area contributed by atoms with E-state index in [4.69, 9.17) is 34.9 Å². The van der Waals surface area contributed by atoms with E-state index in [0.717, 1.165) is 16.7 Å². The molecule has 0 saturated carbocycles. The molecule has 2 atom stereocenters. The summed E-state index contributed by atoms with van der Waals surface area (Å²) in [6, 6.07) is 13.8. The molecule has 238 valence electrons. The van der Waals surface area contributed by atoms with Crippen molar-refractivity contribution in [3.05, 3.63) is 96.1 Å². The molecule has 0 saturated heterocycles. The summed E-state index contributed by atoms with van der Waals surface area (Å²) < 4.78 is 27.5. The third kappa shape index (κ3) is 37.1. The predicted molar refractivity (Wildman–Crippen MR) is 168 cm³/mol. The number of benzene rings is 2. The molecule has 0 aromatic heterocycles. The number of carbonyl (C=O) groups excluding carboxylic acids is 5. The second kappa shape index (κ2) is 32.4. The van der Waals surface area contributed by atoms with Gasteiger partial charge in [-0.25, -0.2) is 14.4 Å². The van der Waals surface area contributed by atoms with Crippen LogP contribution in [0.4, 0.5) is 30.6 Å². The average molecular weight is 817 g/mol. The minimum Gasteiger partial charge on any atom is -0.479 e. The Kier molecular flexibility index (Phi) is 31.8. The van der Waals surface area contributed by atoms with Crippen LogP contribution in [0.1, 0.15) is 11.1 Å². The van der Waals surface area contributed by atoms with Crippen LogP contribution in [0.2, 0.25) is 4.24 Å². The molecule has 15 nitrogen and oxygen atoms in total. The first kappa shape index (κ1) is 44.1. The minimum atomic E-state index is -0.917. The van der Waals surface area contributed by atoms with Crippen LogP contribution in [0.5, 0.6) is 0 Å². The molecule has 0 aliphatic heterocycles. The largest absolute Gasteiger partial charge is 0.479 e. The van der Waals surface area contributed by atoms with Crippen molar-refractivity contribution in [3.63, 3.8) is 0 Å². The minimum absolute atomic E-state index is 0. The molecule has 2 unspecified atom stereocenters. The molecule has 2 radical (unpaired) electrons. The number of amides is 3. The van der Waals surface area contributed by atoms with Gasteiger partial charge in [-0.3, -0.25) is 4.79 Å². The van der Waals surface area contributed by atoms with E-state index in [2.05, 4.69) is 27.5 Å². The summed E-state index contributed by atoms with van der Waals surface area (Å²) in [5.41, 5.74) is 12.0. The molecule has 0 heterocycles. The van der Waals surface area contributed by atoms with Crippen molar-refractivity contribution < 1.29 is 113 Å². The number of nitrogen functional groups attached to an aromatic ring is 1. The molecular weight excluding hydrogens is 780 g/mol. The van der Waals surface area contributed by atoms with E-state index in [0.29, 0.717) is 17.1 Å². The predicted octanol–water partition coefficient (Wildman–Crippen LogP) is 4.35. The number of primary amides is 2. The van der Waals surface area contributed by atoms with Gasteiger partial charge in [-0.2, -0.15) is 9.59 Å². The Balaban J connectivity index is -0.000000173. The maximum atomic E-state index is 10.7. The second-order valence-corrected chi connectivity index (χ2v) is 8.22. The summed E-state index contributed by atoms with van der Waals surface area (Å²) in [5, 5.41) is 17.0. The zero-order chi connectivity index (χ0) is 35.9. The standard InChI is InChI=1S/C9H11N2O3P.C8H10N2O2.C7H7N.CH3O2P.CO2.H3N.2Y/c10-8(12)14-5-6-1-3-7(4-2-6)11-9(13)15;9-7-3-1-6(2-4-7)5-12-8(10)11;1-6-2-4-7(8)5-3-6;2-1(3)4;2-1-3;;;/h1-4H,5,15H2,(H2,10,12)(H,11,13);1-4H,5,9H2,(H2,10,11);2-5,8H,1H2;4H2,(H,2,3);;1H3;;/i/hD3. The molecule has 2 aromatic carbocycles. The molecule has 0 spiro atoms. The summed E-state index contributed by atoms with van der Waals surface area (Å²) in [4.78, 5) is 57.0. The number of anilines is 2. The summed E-state index contributed by atoms with van der Waals surface area (Å²) >= 11 is 0. The van der Waals surface area contributed by atoms with Crippen LogP contribution in [0.15, 0.2) is 85.0 Å². The van der Waals surface area contributed by atoms with Crippen molar-refractivity contribution in [2.45, 2.75) is 13.2 Å². The number of carbonyl (C=O) groups is 4. The summed E-state index contributed by atoms with van der Waals surface area (Å²) in [5.74, 6) is 0. The first-order valence-electron chi connectivity index (χ1n) is 12.7. The molecule has 1 aliphatic carbocycles. The Labute approximate surface area is 319 Å². The molecule has 19 heteroatoms. The zero-order valence-corrected chi connectivity index (χ0v) is 31.7. The van der Waals surface area contributed by atoms with Crippen molar-refractivity contribution in [1.29, 1.82) is 5.41 Å². The SMILES string of the molecule is C=C1C=CC(=N)C=C1.O=C(O)P.O=C=O.[2H]N.[2H]NC(=O)OCc1ccc(N)cc1.[2H]NC(=O)OCc1ccc(NC(=O)P)cc1.[Y].[Y]. The Morgan fingerprint density at radius 2 is 1.24 bits per heavy atom. The van der Waals surface area contributed by atoms with Gasteiger partial charge in [0.15, 0.2) is 2.82 Å². The van der Waals surface area contributed by atoms with Crippen LogP contribution < -0.4 is 28.6 Å². The number of carboxylic acid groups (broad SMARTS) is 1. The van der Waals surface area contributed by atoms with Crippen molar-refractivity contribution >= 4 is 65.3 Å². The van der Waals surface area contributed by atoms with E-state index in [1.807, 2.05) is 21.4 Å². The van der Waals surface area contributed by atoms with Gasteiger partial charge < -0.3 is 48.6 Å². The number of ether oxygens (including phenoxy) is 2. The molecule has 0 bridgehead atoms. The number of allylic oxidation sites excluding steroid dienone is 5. The number of hydrogen-bond donors (Lipinski definition) is 7. The molecule has 3 amide bonds. The first-order valence-corrected chi connectivity index (χ1v) is 12.2. The van der Waals surface area contributed by atoms with E-state index in [1.165, 1.54) is 0 Å². The van der Waals surface area contributed by atoms with E-state index < -0.39 is 17.9 Å². The molecule has 3 rings (SSSR count). The Bertz CT molecular complexity index is 1310. The van der Waals surface area contributed by atoms with E-state index in [9.17, 15) is 14.4 Å². The van der Waals surface area contributed by atoms with Crippen molar-refractivity contribution in [3.8, 4) is 0 Å². The molecule has 2 aromatic rings. The fraction of sp³-hybridized carbons (Fsp3) is 0.0769. The summed E-state index contributed by atoms with van der Waals surface area (Å²) in [7, 11) is 3.58. The smallest absolute Gasteiger partial charge is 0.404 e. The van der Waals surface area contributed by atoms with Crippen LogP contribution in [0.25, 0.3) is 0 Å². The van der Waals surface area contributed by atoms with Crippen LogP contribution in [0.3, 0.4) is 0 Å². The van der Waals surface area contributed by atoms with Crippen molar-refractivity contribution in [2.75, 3.05) is 11.1 Å². The third-order valence-electron chi connectivity index (χ3n) is 3.89. The van der Waals surface area contributed by atoms with Gasteiger partial charge in [0, 0.05) is 76.8 Å². The van der Waals surface area contributed by atoms with Crippen molar-refractivity contribution in [2.24, 2.45) is 11.5 Å². The molecule has 45 heavy (non-hydrogen) atoms. The topological polar surface area (TPSA) is 290 Å². The fourth-order valence-corrected chi connectivity index (χ4v) is 2.41. The van der Waals surface area contributed by atoms with Crippen LogP contribution >= 0.6 is 18.5 Å². The van der Waals surface area contributed by atoms with Gasteiger partial charge >= 0.3 is 24.0 Å². The Hall–Kier alpha value is -2.98. The van der Waals surface area contributed by atoms with E-state index >= 15 is 0 Å². The van der Waals surface area contributed by atoms with Gasteiger partial charge in [-0.15, -0.1) is 0 Å². The van der Waals surface area contributed by atoms with Gasteiger partial charge in [-0.05, 0) is 71.6 Å². The van der Waals surface area contributed by atoms with Crippen LogP contribution in [-0.2, 0) is 97.7 Å². The summed E-state index contributed by atoms with van der Waals surface area (Å²) in [6.07, 6.45) is 9.52. The molecule has 1 aliphatic rings. The summed E-state index contributed by atoms with van der Waals surface area (Å²) in [6.45, 7) is 3.91. The van der Waals surface area contributed by atoms with Gasteiger partial charge in [0.05, 0.1) is 5.71 Å². The maximum absolute atomic E-state index is 10.7. The normalized spacial score (nSPS) is 10.1. The number of rotatable bonds is 5. The molecule has 0 fully saturated rings. The third-order valence-corrected chi connectivity index (χ3v) is 4.04. The monoisotopic (exact) mass is 817 g/mol. The van der Waals surface area contributed by atoms with Crippen LogP contribution in [-0.4, -0.2) is 40.5 Å². The number of nitrogens with two attached hydrogens (primary N) is 3. The van der Waals surface area contributed by atoms with Crippen LogP contribution in [0, 0.1) is 5.41 Å². The number of hydrogen-bond acceptors (Lipinski definition) is 11. The van der Waals surface area contributed by atoms with Gasteiger partial charge in [0.1, 0.15) is 14.6 Å². The maximum Gasteiger partial charge on any atom is 0.404 e. The van der Waals surface area contributed by atoms with Gasteiger partial charge in [0.25, 0.3) is 0 Å².